The van der Waals surface area contributed by atoms with Gasteiger partial charge in [-0.15, -0.1) is 0 Å². The summed E-state index contributed by atoms with van der Waals surface area (Å²) in [6.07, 6.45) is 1.10. The predicted molar refractivity (Wildman–Crippen MR) is 120 cm³/mol. The quantitative estimate of drug-likeness (QED) is 0.314. The number of aromatic hydroxyl groups is 2. The fourth-order valence-electron chi connectivity index (χ4n) is 3.21. The van der Waals surface area contributed by atoms with Crippen molar-refractivity contribution < 1.29 is 10.2 Å². The SMILES string of the molecule is Cc1ccccc1O.Cc1ccccc1O.c1ccc2c(c1)Cc1ccccc1-2. The van der Waals surface area contributed by atoms with Gasteiger partial charge in [0.2, 0.25) is 0 Å². The lowest BCUT2D eigenvalue weighted by Gasteiger charge is -1.98. The fraction of sp³-hybridized carbons (Fsp3) is 0.111. The van der Waals surface area contributed by atoms with E-state index in [1.807, 2.05) is 50.2 Å². The minimum atomic E-state index is 0.368. The molecule has 0 saturated carbocycles. The lowest BCUT2D eigenvalue weighted by Crippen LogP contribution is -1.77. The fourth-order valence-corrected chi connectivity index (χ4v) is 3.21. The second-order valence-corrected chi connectivity index (χ2v) is 7.06. The third-order valence-corrected chi connectivity index (χ3v) is 4.94. The highest BCUT2D eigenvalue weighted by Gasteiger charge is 2.15. The van der Waals surface area contributed by atoms with Crippen LogP contribution >= 0.6 is 0 Å². The summed E-state index contributed by atoms with van der Waals surface area (Å²) in [5.74, 6) is 0.736. The van der Waals surface area contributed by atoms with Crippen molar-refractivity contribution in [2.24, 2.45) is 0 Å². The number of phenolic OH excluding ortho intramolecular Hbond substituents is 2. The maximum absolute atomic E-state index is 8.92. The average molecular weight is 383 g/mol. The first-order chi connectivity index (χ1) is 14.1. The maximum Gasteiger partial charge on any atom is 0.118 e. The van der Waals surface area contributed by atoms with Crippen LogP contribution in [-0.2, 0) is 6.42 Å². The second-order valence-electron chi connectivity index (χ2n) is 7.06. The molecule has 0 atom stereocenters. The molecule has 0 unspecified atom stereocenters. The van der Waals surface area contributed by atoms with Crippen LogP contribution in [0, 0.1) is 13.8 Å². The number of hydrogen-bond acceptors (Lipinski definition) is 2. The zero-order valence-corrected chi connectivity index (χ0v) is 16.8. The van der Waals surface area contributed by atoms with Crippen LogP contribution in [0.3, 0.4) is 0 Å². The Bertz CT molecular complexity index is 954. The molecule has 0 aromatic heterocycles. The van der Waals surface area contributed by atoms with Gasteiger partial charge in [-0.05, 0) is 65.8 Å². The van der Waals surface area contributed by atoms with Crippen molar-refractivity contribution in [3.05, 3.63) is 119 Å². The summed E-state index contributed by atoms with van der Waals surface area (Å²) in [7, 11) is 0. The Labute approximate surface area is 172 Å². The molecule has 4 aromatic carbocycles. The summed E-state index contributed by atoms with van der Waals surface area (Å²) in [5.41, 5.74) is 7.60. The molecule has 0 aliphatic heterocycles. The van der Waals surface area contributed by atoms with Gasteiger partial charge in [0, 0.05) is 0 Å². The Balaban J connectivity index is 0.000000132. The van der Waals surface area contributed by atoms with Crippen molar-refractivity contribution in [2.75, 3.05) is 0 Å². The molecule has 4 aromatic rings. The standard InChI is InChI=1S/C13H10.2C7H8O/c1-3-7-12-10(5-1)9-11-6-2-4-8-13(11)12;2*1-6-4-2-3-5-7(6)8/h1-8H,9H2;2*2-5,8H,1H3. The molecule has 0 heterocycles. The summed E-state index contributed by atoms with van der Waals surface area (Å²) in [4.78, 5) is 0. The lowest BCUT2D eigenvalue weighted by atomic mass is 10.1. The van der Waals surface area contributed by atoms with Gasteiger partial charge in [-0.3, -0.25) is 0 Å². The average Bonchev–Trinajstić information content (AvgIpc) is 3.12. The van der Waals surface area contributed by atoms with Crippen LogP contribution in [0.5, 0.6) is 11.5 Å². The molecule has 0 amide bonds. The number of rotatable bonds is 0. The summed E-state index contributed by atoms with van der Waals surface area (Å²) >= 11 is 0. The van der Waals surface area contributed by atoms with Gasteiger partial charge < -0.3 is 10.2 Å². The summed E-state index contributed by atoms with van der Waals surface area (Å²) in [6.45, 7) is 3.74. The van der Waals surface area contributed by atoms with Crippen LogP contribution in [0.15, 0.2) is 97.1 Å². The highest BCUT2D eigenvalue weighted by atomic mass is 16.3. The largest absolute Gasteiger partial charge is 0.508 e. The molecule has 0 radical (unpaired) electrons. The van der Waals surface area contributed by atoms with E-state index in [-0.39, 0.29) is 0 Å². The Morgan fingerprint density at radius 3 is 1.17 bits per heavy atom. The van der Waals surface area contributed by atoms with E-state index in [1.165, 1.54) is 22.3 Å². The molecular formula is C27H26O2. The molecule has 1 aliphatic rings. The van der Waals surface area contributed by atoms with E-state index >= 15 is 0 Å². The molecule has 0 saturated heterocycles. The van der Waals surface area contributed by atoms with Crippen LogP contribution in [0.1, 0.15) is 22.3 Å². The van der Waals surface area contributed by atoms with E-state index < -0.39 is 0 Å². The molecule has 29 heavy (non-hydrogen) atoms. The summed E-state index contributed by atoms with van der Waals surface area (Å²) in [6, 6.07) is 31.8. The van der Waals surface area contributed by atoms with Crippen molar-refractivity contribution >= 4 is 0 Å². The molecular weight excluding hydrogens is 356 g/mol. The van der Waals surface area contributed by atoms with Gasteiger partial charge in [0.15, 0.2) is 0 Å². The van der Waals surface area contributed by atoms with Crippen LogP contribution in [0.4, 0.5) is 0 Å². The van der Waals surface area contributed by atoms with Crippen LogP contribution in [-0.4, -0.2) is 10.2 Å². The normalized spacial score (nSPS) is 10.6. The van der Waals surface area contributed by atoms with Crippen LogP contribution in [0.25, 0.3) is 11.1 Å². The third-order valence-electron chi connectivity index (χ3n) is 4.94. The molecule has 2 heteroatoms. The molecule has 0 spiro atoms. The van der Waals surface area contributed by atoms with Crippen LogP contribution in [0.2, 0.25) is 0 Å². The minimum absolute atomic E-state index is 0.368. The highest BCUT2D eigenvalue weighted by Crippen LogP contribution is 2.35. The van der Waals surface area contributed by atoms with Crippen molar-refractivity contribution in [2.45, 2.75) is 20.3 Å². The molecule has 1 aliphatic carbocycles. The van der Waals surface area contributed by atoms with Gasteiger partial charge in [-0.2, -0.15) is 0 Å². The number of phenols is 2. The Morgan fingerprint density at radius 2 is 0.828 bits per heavy atom. The summed E-state index contributed by atoms with van der Waals surface area (Å²) < 4.78 is 0. The number of aryl methyl sites for hydroxylation is 2. The van der Waals surface area contributed by atoms with E-state index in [4.69, 9.17) is 10.2 Å². The Morgan fingerprint density at radius 1 is 0.483 bits per heavy atom. The van der Waals surface area contributed by atoms with E-state index in [9.17, 15) is 0 Å². The van der Waals surface area contributed by atoms with Gasteiger partial charge >= 0.3 is 0 Å². The highest BCUT2D eigenvalue weighted by molar-refractivity contribution is 5.76. The Hall–Kier alpha value is -3.52. The van der Waals surface area contributed by atoms with Gasteiger partial charge in [-0.25, -0.2) is 0 Å². The Kier molecular flexibility index (Phi) is 6.70. The summed E-state index contributed by atoms with van der Waals surface area (Å²) in [5, 5.41) is 17.8. The molecule has 146 valence electrons. The second kappa shape index (κ2) is 9.61. The zero-order valence-electron chi connectivity index (χ0n) is 16.8. The number of hydrogen-bond donors (Lipinski definition) is 2. The topological polar surface area (TPSA) is 40.5 Å². The monoisotopic (exact) mass is 382 g/mol. The number of fused-ring (bicyclic) bond motifs is 3. The van der Waals surface area contributed by atoms with E-state index in [1.54, 1.807) is 12.1 Å². The van der Waals surface area contributed by atoms with Crippen molar-refractivity contribution in [3.63, 3.8) is 0 Å². The molecule has 2 nitrogen and oxygen atoms in total. The number of benzene rings is 4. The number of para-hydroxylation sites is 2. The molecule has 0 bridgehead atoms. The van der Waals surface area contributed by atoms with Crippen molar-refractivity contribution in [3.8, 4) is 22.6 Å². The first-order valence-electron chi connectivity index (χ1n) is 9.71. The van der Waals surface area contributed by atoms with Crippen molar-refractivity contribution in [1.82, 2.24) is 0 Å². The third kappa shape index (κ3) is 5.26. The van der Waals surface area contributed by atoms with E-state index in [0.717, 1.165) is 17.5 Å². The van der Waals surface area contributed by atoms with Crippen molar-refractivity contribution in [1.29, 1.82) is 0 Å². The first-order valence-corrected chi connectivity index (χ1v) is 9.71. The maximum atomic E-state index is 8.92. The van der Waals surface area contributed by atoms with E-state index in [0.29, 0.717) is 11.5 Å². The predicted octanol–water partition coefficient (Wildman–Crippen LogP) is 6.66. The van der Waals surface area contributed by atoms with E-state index in [2.05, 4.69) is 48.5 Å². The van der Waals surface area contributed by atoms with Gasteiger partial charge in [0.25, 0.3) is 0 Å². The molecule has 0 fully saturated rings. The van der Waals surface area contributed by atoms with Crippen LogP contribution < -0.4 is 0 Å². The minimum Gasteiger partial charge on any atom is -0.508 e. The van der Waals surface area contributed by atoms with Gasteiger partial charge in [0.05, 0.1) is 0 Å². The molecule has 5 rings (SSSR count). The smallest absolute Gasteiger partial charge is 0.118 e. The zero-order chi connectivity index (χ0) is 20.6. The lowest BCUT2D eigenvalue weighted by molar-refractivity contribution is 0.470. The molecule has 2 N–H and O–H groups in total. The first kappa shape index (κ1) is 20.2. The van der Waals surface area contributed by atoms with Gasteiger partial charge in [-0.1, -0.05) is 84.9 Å². The van der Waals surface area contributed by atoms with Gasteiger partial charge in [0.1, 0.15) is 11.5 Å².